The van der Waals surface area contributed by atoms with Crippen molar-refractivity contribution in [2.24, 2.45) is 5.92 Å². The lowest BCUT2D eigenvalue weighted by atomic mass is 9.91. The van der Waals surface area contributed by atoms with Crippen molar-refractivity contribution in [2.75, 3.05) is 11.5 Å². The van der Waals surface area contributed by atoms with Gasteiger partial charge in [-0.1, -0.05) is 6.07 Å². The van der Waals surface area contributed by atoms with E-state index >= 15 is 0 Å². The van der Waals surface area contributed by atoms with Gasteiger partial charge in [0.15, 0.2) is 0 Å². The molecule has 26 heavy (non-hydrogen) atoms. The Balaban J connectivity index is 2.01. The van der Waals surface area contributed by atoms with E-state index < -0.39 is 28.8 Å². The van der Waals surface area contributed by atoms with E-state index in [1.807, 2.05) is 0 Å². The molecule has 1 aromatic rings. The Bertz CT molecular complexity index is 680. The molecule has 0 saturated carbocycles. The number of nitrogens with one attached hydrogen (secondary N) is 1. The second kappa shape index (κ2) is 8.58. The number of thioether (sulfide) groups is 1. The van der Waals surface area contributed by atoms with Crippen molar-refractivity contribution < 1.29 is 19.6 Å². The van der Waals surface area contributed by atoms with E-state index in [2.05, 4.69) is 21.2 Å². The van der Waals surface area contributed by atoms with Crippen molar-refractivity contribution >= 4 is 39.5 Å². The van der Waals surface area contributed by atoms with Gasteiger partial charge >= 0.3 is 6.09 Å². The predicted octanol–water partition coefficient (Wildman–Crippen LogP) is 3.52. The summed E-state index contributed by atoms with van der Waals surface area (Å²) in [5.41, 5.74) is 0.309. The van der Waals surface area contributed by atoms with Crippen molar-refractivity contribution in [2.45, 2.75) is 44.9 Å². The first-order chi connectivity index (χ1) is 12.1. The lowest BCUT2D eigenvalue weighted by Crippen LogP contribution is -2.52. The molecule has 0 radical (unpaired) electrons. The highest BCUT2D eigenvalue weighted by Crippen LogP contribution is 2.30. The number of carbonyl (C=O) groups is 1. The topological polar surface area (TPSA) is 102 Å². The Kier molecular flexibility index (Phi) is 6.92. The number of hydrogen-bond donors (Lipinski definition) is 2. The molecule has 1 aliphatic rings. The maximum atomic E-state index is 12.0. The number of nitro benzene ring substituents is 1. The molecule has 1 heterocycles. The molecule has 0 aromatic heterocycles. The van der Waals surface area contributed by atoms with E-state index in [0.717, 1.165) is 11.3 Å². The van der Waals surface area contributed by atoms with Crippen LogP contribution < -0.4 is 5.32 Å². The standard InChI is InChI=1S/C17H23BrN2O5S/c1-17(2,3)25-16(22)19-13-9-26-8-11(15(13)21)6-10-4-5-14(20(23)24)12(18)7-10/h4-5,7,11,13,15,21H,6,8-9H2,1-3H3,(H,19,22)/t11-,13+,15+/m1/s1. The fraction of sp³-hybridized carbons (Fsp3) is 0.588. The number of hydrogen-bond acceptors (Lipinski definition) is 6. The fourth-order valence-electron chi connectivity index (χ4n) is 2.77. The Morgan fingerprint density at radius 1 is 1.46 bits per heavy atom. The number of nitrogens with zero attached hydrogens (tertiary/aromatic N) is 1. The first kappa shape index (κ1) is 21.0. The number of halogens is 1. The van der Waals surface area contributed by atoms with Gasteiger partial charge in [-0.3, -0.25) is 10.1 Å². The molecular weight excluding hydrogens is 424 g/mol. The number of alkyl carbamates (subject to hydrolysis) is 1. The van der Waals surface area contributed by atoms with Crippen LogP contribution in [-0.4, -0.2) is 45.4 Å². The highest BCUT2D eigenvalue weighted by molar-refractivity contribution is 9.10. The van der Waals surface area contributed by atoms with E-state index in [4.69, 9.17) is 4.74 Å². The third-order valence-corrected chi connectivity index (χ3v) is 5.83. The van der Waals surface area contributed by atoms with Crippen LogP contribution in [0.2, 0.25) is 0 Å². The smallest absolute Gasteiger partial charge is 0.407 e. The van der Waals surface area contributed by atoms with Crippen molar-refractivity contribution in [3.8, 4) is 0 Å². The van der Waals surface area contributed by atoms with Crippen LogP contribution in [0.1, 0.15) is 26.3 Å². The average molecular weight is 447 g/mol. The van der Waals surface area contributed by atoms with Crippen molar-refractivity contribution in [3.63, 3.8) is 0 Å². The van der Waals surface area contributed by atoms with E-state index in [-0.39, 0.29) is 11.6 Å². The van der Waals surface area contributed by atoms with Gasteiger partial charge in [0.05, 0.1) is 21.5 Å². The highest BCUT2D eigenvalue weighted by Gasteiger charge is 2.34. The second-order valence-corrected chi connectivity index (χ2v) is 9.22. The Morgan fingerprint density at radius 3 is 2.73 bits per heavy atom. The normalized spacial score (nSPS) is 23.3. The highest BCUT2D eigenvalue weighted by atomic mass is 79.9. The summed E-state index contributed by atoms with van der Waals surface area (Å²) in [6, 6.07) is 4.47. The van der Waals surface area contributed by atoms with E-state index in [0.29, 0.717) is 16.6 Å². The molecule has 0 aliphatic carbocycles. The number of aliphatic hydroxyl groups is 1. The maximum Gasteiger partial charge on any atom is 0.407 e. The van der Waals surface area contributed by atoms with Crippen molar-refractivity contribution in [1.29, 1.82) is 0 Å². The largest absolute Gasteiger partial charge is 0.444 e. The molecule has 0 unspecified atom stereocenters. The number of nitro groups is 1. The molecule has 144 valence electrons. The zero-order valence-corrected chi connectivity index (χ0v) is 17.3. The summed E-state index contributed by atoms with van der Waals surface area (Å²) in [7, 11) is 0. The molecule has 7 nitrogen and oxygen atoms in total. The second-order valence-electron chi connectivity index (χ2n) is 7.29. The third-order valence-electron chi connectivity index (χ3n) is 3.93. The summed E-state index contributed by atoms with van der Waals surface area (Å²) in [6.07, 6.45) is -0.685. The molecule has 2 rings (SSSR count). The zero-order chi connectivity index (χ0) is 19.5. The van der Waals surface area contributed by atoms with Gasteiger partial charge in [-0.25, -0.2) is 4.79 Å². The monoisotopic (exact) mass is 446 g/mol. The van der Waals surface area contributed by atoms with Crippen LogP contribution in [0.5, 0.6) is 0 Å². The molecule has 1 saturated heterocycles. The Hall–Kier alpha value is -1.32. The number of rotatable bonds is 4. The molecule has 2 N–H and O–H groups in total. The first-order valence-corrected chi connectivity index (χ1v) is 10.2. The summed E-state index contributed by atoms with van der Waals surface area (Å²) in [6.45, 7) is 5.36. The number of aliphatic hydroxyl groups excluding tert-OH is 1. The summed E-state index contributed by atoms with van der Waals surface area (Å²) in [5, 5.41) is 24.3. The molecule has 1 aromatic carbocycles. The van der Waals surface area contributed by atoms with E-state index in [9.17, 15) is 20.0 Å². The minimum Gasteiger partial charge on any atom is -0.444 e. The van der Waals surface area contributed by atoms with Crippen LogP contribution in [0.25, 0.3) is 0 Å². The molecule has 0 bridgehead atoms. The van der Waals surface area contributed by atoms with Crippen LogP contribution in [0.4, 0.5) is 10.5 Å². The van der Waals surface area contributed by atoms with Crippen LogP contribution in [0.3, 0.4) is 0 Å². The molecule has 1 fully saturated rings. The van der Waals surface area contributed by atoms with Gasteiger partial charge in [0.1, 0.15) is 5.60 Å². The lowest BCUT2D eigenvalue weighted by Gasteiger charge is -2.35. The molecule has 0 spiro atoms. The van der Waals surface area contributed by atoms with Crippen LogP contribution in [-0.2, 0) is 11.2 Å². The number of carbonyl (C=O) groups excluding carboxylic acids is 1. The number of amides is 1. The quantitative estimate of drug-likeness (QED) is 0.541. The third kappa shape index (κ3) is 5.85. The summed E-state index contributed by atoms with van der Waals surface area (Å²) < 4.78 is 5.67. The van der Waals surface area contributed by atoms with Crippen LogP contribution in [0.15, 0.2) is 22.7 Å². The molecule has 1 aliphatic heterocycles. The average Bonchev–Trinajstić information content (AvgIpc) is 2.49. The van der Waals surface area contributed by atoms with Crippen LogP contribution >= 0.6 is 27.7 Å². The van der Waals surface area contributed by atoms with E-state index in [1.165, 1.54) is 6.07 Å². The van der Waals surface area contributed by atoms with Gasteiger partial charge in [-0.2, -0.15) is 11.8 Å². The van der Waals surface area contributed by atoms with Gasteiger partial charge in [0.25, 0.3) is 5.69 Å². The van der Waals surface area contributed by atoms with Gasteiger partial charge in [-0.05, 0) is 66.4 Å². The summed E-state index contributed by atoms with van der Waals surface area (Å²) in [5.74, 6) is 1.30. The predicted molar refractivity (Wildman–Crippen MR) is 104 cm³/mol. The first-order valence-electron chi connectivity index (χ1n) is 8.25. The number of ether oxygens (including phenoxy) is 1. The lowest BCUT2D eigenvalue weighted by molar-refractivity contribution is -0.385. The zero-order valence-electron chi connectivity index (χ0n) is 14.9. The minimum absolute atomic E-state index is 0.0109. The maximum absolute atomic E-state index is 12.0. The summed E-state index contributed by atoms with van der Waals surface area (Å²) in [4.78, 5) is 22.4. The summed E-state index contributed by atoms with van der Waals surface area (Å²) >= 11 is 4.87. The molecule has 1 amide bonds. The van der Waals surface area contributed by atoms with Gasteiger partial charge in [0, 0.05) is 11.8 Å². The molecular formula is C17H23BrN2O5S. The van der Waals surface area contributed by atoms with E-state index in [1.54, 1.807) is 44.7 Å². The van der Waals surface area contributed by atoms with Gasteiger partial charge in [-0.15, -0.1) is 0 Å². The minimum atomic E-state index is -0.710. The van der Waals surface area contributed by atoms with Crippen LogP contribution in [0, 0.1) is 16.0 Å². The van der Waals surface area contributed by atoms with Gasteiger partial charge < -0.3 is 15.2 Å². The fourth-order valence-corrected chi connectivity index (χ4v) is 4.63. The van der Waals surface area contributed by atoms with Crippen molar-refractivity contribution in [3.05, 3.63) is 38.3 Å². The van der Waals surface area contributed by atoms with Crippen molar-refractivity contribution in [1.82, 2.24) is 5.32 Å². The molecule has 3 atom stereocenters. The Labute approximate surface area is 165 Å². The Morgan fingerprint density at radius 2 is 2.15 bits per heavy atom. The van der Waals surface area contributed by atoms with Gasteiger partial charge in [0.2, 0.25) is 0 Å². The SMILES string of the molecule is CC(C)(C)OC(=O)N[C@H]1CSC[C@@H](Cc2ccc([N+](=O)[O-])c(Br)c2)[C@@H]1O. The number of benzene rings is 1. The molecule has 9 heteroatoms.